The lowest BCUT2D eigenvalue weighted by molar-refractivity contribution is -0.134. The maximum absolute atomic E-state index is 15.1. The second kappa shape index (κ2) is 15.9. The van der Waals surface area contributed by atoms with Gasteiger partial charge in [-0.2, -0.15) is 15.5 Å². The monoisotopic (exact) mass is 832 g/mol. The first kappa shape index (κ1) is 40.6. The minimum Gasteiger partial charge on any atom is -0.386 e. The Morgan fingerprint density at radius 1 is 1.00 bits per heavy atom. The summed E-state index contributed by atoms with van der Waals surface area (Å²) in [6.45, 7) is 10.9. The molecule has 0 spiro atoms. The number of halogens is 2. The third-order valence-electron chi connectivity index (χ3n) is 13.2. The Morgan fingerprint density at radius 3 is 2.43 bits per heavy atom. The van der Waals surface area contributed by atoms with Crippen molar-refractivity contribution in [3.63, 3.8) is 0 Å². The van der Waals surface area contributed by atoms with E-state index in [1.54, 1.807) is 32.0 Å². The summed E-state index contributed by atoms with van der Waals surface area (Å²) in [5.74, 6) is -3.57. The second-order valence-corrected chi connectivity index (χ2v) is 17.9. The average molecular weight is 833 g/mol. The van der Waals surface area contributed by atoms with Crippen LogP contribution >= 0.6 is 0 Å². The van der Waals surface area contributed by atoms with E-state index in [9.17, 15) is 24.8 Å². The van der Waals surface area contributed by atoms with Gasteiger partial charge in [0.1, 0.15) is 23.4 Å². The van der Waals surface area contributed by atoms with Crippen molar-refractivity contribution in [1.82, 2.24) is 34.5 Å². The first-order valence-corrected chi connectivity index (χ1v) is 21.2. The van der Waals surface area contributed by atoms with Crippen LogP contribution in [0, 0.1) is 28.9 Å². The molecule has 2 atom stereocenters. The van der Waals surface area contributed by atoms with Crippen molar-refractivity contribution in [1.29, 1.82) is 5.26 Å². The van der Waals surface area contributed by atoms with Crippen molar-refractivity contribution in [2.75, 3.05) is 49.5 Å². The first-order chi connectivity index (χ1) is 29.2. The summed E-state index contributed by atoms with van der Waals surface area (Å²) >= 11 is 0. The Kier molecular flexibility index (Phi) is 10.6. The van der Waals surface area contributed by atoms with E-state index in [1.165, 1.54) is 22.8 Å². The van der Waals surface area contributed by atoms with Crippen LogP contribution in [0.4, 0.5) is 20.2 Å². The van der Waals surface area contributed by atoms with Gasteiger partial charge in [0.05, 0.1) is 40.4 Å². The molecule has 14 nitrogen and oxygen atoms in total. The average Bonchev–Trinajstić information content (AvgIpc) is 3.83. The van der Waals surface area contributed by atoms with Crippen molar-refractivity contribution in [2.24, 2.45) is 5.92 Å². The molecule has 4 aliphatic rings. The predicted octanol–water partition coefficient (Wildman–Crippen LogP) is 5.46. The summed E-state index contributed by atoms with van der Waals surface area (Å²) in [5, 5.41) is 35.7. The van der Waals surface area contributed by atoms with Crippen molar-refractivity contribution in [2.45, 2.75) is 88.9 Å². The molecular formula is C45H50F2N10O4. The van der Waals surface area contributed by atoms with E-state index < -0.39 is 35.0 Å². The van der Waals surface area contributed by atoms with Crippen LogP contribution in [0.5, 0.6) is 0 Å². The molecule has 5 aromatic rings. The molecule has 0 unspecified atom stereocenters. The van der Waals surface area contributed by atoms with Gasteiger partial charge in [-0.25, -0.2) is 13.3 Å². The van der Waals surface area contributed by atoms with Crippen molar-refractivity contribution in [3.05, 3.63) is 88.9 Å². The molecule has 3 amide bonds. The van der Waals surface area contributed by atoms with Crippen LogP contribution in [-0.2, 0) is 15.2 Å². The Hall–Kier alpha value is -5.76. The molecule has 1 saturated carbocycles. The van der Waals surface area contributed by atoms with Crippen molar-refractivity contribution >= 4 is 45.5 Å². The van der Waals surface area contributed by atoms with Gasteiger partial charge < -0.3 is 20.2 Å². The SMILES string of the molecule is C[C@H]1CN(CC2CN(c3cc(F)c([C@H]4CCC(=O)NC4=O)c(F)c3)C2)CCN1C1CCC(n2cc3cc(NC(=O)c4ccc5cc(C#N)cnn45)c(C(C)(C)O)cc3n2)CC1. The van der Waals surface area contributed by atoms with Crippen LogP contribution in [0.3, 0.4) is 0 Å². The largest absolute Gasteiger partial charge is 0.386 e. The number of nitriles is 1. The van der Waals surface area contributed by atoms with Gasteiger partial charge >= 0.3 is 0 Å². The minimum absolute atomic E-state index is 0.0595. The highest BCUT2D eigenvalue weighted by Crippen LogP contribution is 2.38. The Balaban J connectivity index is 0.780. The number of aromatic nitrogens is 4. The molecule has 1 aliphatic carbocycles. The van der Waals surface area contributed by atoms with Crippen LogP contribution in [0.2, 0.25) is 0 Å². The number of piperidine rings is 1. The van der Waals surface area contributed by atoms with E-state index in [1.807, 2.05) is 23.2 Å². The highest BCUT2D eigenvalue weighted by atomic mass is 19.1. The third-order valence-corrected chi connectivity index (χ3v) is 13.2. The number of piperazine rings is 1. The summed E-state index contributed by atoms with van der Waals surface area (Å²) in [5.41, 5.74) is 2.08. The summed E-state index contributed by atoms with van der Waals surface area (Å²) in [7, 11) is 0. The van der Waals surface area contributed by atoms with Crippen LogP contribution < -0.4 is 15.5 Å². The van der Waals surface area contributed by atoms with Gasteiger partial charge in [0.2, 0.25) is 11.8 Å². The summed E-state index contributed by atoms with van der Waals surface area (Å²) in [4.78, 5) is 44.5. The molecule has 9 rings (SSSR count). The molecule has 3 aliphatic heterocycles. The topological polar surface area (TPSA) is 164 Å². The zero-order chi connectivity index (χ0) is 42.7. The van der Waals surface area contributed by atoms with Crippen LogP contribution in [0.25, 0.3) is 16.4 Å². The van der Waals surface area contributed by atoms with Gasteiger partial charge in [-0.15, -0.1) is 0 Å². The fraction of sp³-hybridized carbons (Fsp3) is 0.467. The molecule has 3 aromatic heterocycles. The zero-order valence-electron chi connectivity index (χ0n) is 34.6. The number of aliphatic hydroxyl groups is 1. The Bertz CT molecular complexity index is 2560. The summed E-state index contributed by atoms with van der Waals surface area (Å²) < 4.78 is 33.8. The van der Waals surface area contributed by atoms with E-state index >= 15 is 8.78 Å². The molecule has 318 valence electrons. The standard InChI is InChI=1S/C45H50F2N10O4/c1-26-21-53(22-28-23-54(24-28)33-16-36(46)42(37(47)17-33)34-9-11-41(58)51-43(34)59)12-13-55(26)30-4-6-31(7-5-30)56-25-29-15-39(35(45(2,3)61)18-38(29)52-56)50-44(60)40-10-8-32-14-27(19-48)20-49-57(32)40/h8,10,14-18,20,25-26,28,30-31,34,61H,4-7,9,11-13,21-24H2,1-3H3,(H,50,60)(H,51,58,59)/t26-,30?,31?,34+/m0/s1. The zero-order valence-corrected chi connectivity index (χ0v) is 34.6. The first-order valence-electron chi connectivity index (χ1n) is 21.2. The van der Waals surface area contributed by atoms with Crippen molar-refractivity contribution < 1.29 is 28.3 Å². The molecule has 6 heterocycles. The van der Waals surface area contributed by atoms with Crippen molar-refractivity contribution in [3.8, 4) is 6.07 Å². The lowest BCUT2D eigenvalue weighted by Gasteiger charge is -2.48. The normalized spacial score (nSPS) is 23.3. The maximum atomic E-state index is 15.1. The third kappa shape index (κ3) is 7.97. The molecule has 4 fully saturated rings. The van der Waals surface area contributed by atoms with Crippen LogP contribution in [0.15, 0.2) is 54.9 Å². The lowest BCUT2D eigenvalue weighted by Crippen LogP contribution is -2.59. The van der Waals surface area contributed by atoms with E-state index in [0.717, 1.165) is 62.8 Å². The van der Waals surface area contributed by atoms with E-state index in [0.29, 0.717) is 64.8 Å². The number of nitrogens with one attached hydrogen (secondary N) is 2. The summed E-state index contributed by atoms with van der Waals surface area (Å²) in [6.07, 6.45) is 7.71. The van der Waals surface area contributed by atoms with Gasteiger partial charge in [-0.1, -0.05) is 0 Å². The van der Waals surface area contributed by atoms with Gasteiger partial charge in [0.25, 0.3) is 5.91 Å². The number of benzene rings is 2. The summed E-state index contributed by atoms with van der Waals surface area (Å²) in [6, 6.07) is 14.6. The van der Waals surface area contributed by atoms with Gasteiger partial charge in [-0.05, 0) is 95.3 Å². The number of hydrogen-bond acceptors (Lipinski definition) is 10. The maximum Gasteiger partial charge on any atom is 0.274 e. The van der Waals surface area contributed by atoms with Gasteiger partial charge in [-0.3, -0.25) is 29.3 Å². The number of amides is 3. The van der Waals surface area contributed by atoms with E-state index in [-0.39, 0.29) is 30.4 Å². The number of carbonyl (C=O) groups is 3. The molecule has 61 heavy (non-hydrogen) atoms. The number of anilines is 2. The number of hydrogen-bond donors (Lipinski definition) is 3. The van der Waals surface area contributed by atoms with Crippen LogP contribution in [0.1, 0.15) is 98.4 Å². The minimum atomic E-state index is -1.25. The van der Waals surface area contributed by atoms with Gasteiger partial charge in [0, 0.05) is 97.8 Å². The molecule has 2 aromatic carbocycles. The number of fused-ring (bicyclic) bond motifs is 2. The molecule has 0 bridgehead atoms. The number of rotatable bonds is 9. The van der Waals surface area contributed by atoms with E-state index in [2.05, 4.69) is 43.2 Å². The lowest BCUT2D eigenvalue weighted by atomic mass is 9.88. The molecule has 3 N–H and O–H groups in total. The quantitative estimate of drug-likeness (QED) is 0.163. The number of nitrogens with zero attached hydrogens (tertiary/aromatic N) is 8. The predicted molar refractivity (Wildman–Crippen MR) is 224 cm³/mol. The van der Waals surface area contributed by atoms with Crippen LogP contribution in [-0.4, -0.2) is 103 Å². The second-order valence-electron chi connectivity index (χ2n) is 17.9. The fourth-order valence-electron chi connectivity index (χ4n) is 10.0. The van der Waals surface area contributed by atoms with E-state index in [4.69, 9.17) is 5.10 Å². The Labute approximate surface area is 352 Å². The molecule has 3 saturated heterocycles. The molecule has 0 radical (unpaired) electrons. The number of carbonyl (C=O) groups excluding carboxylic acids is 3. The fourth-order valence-corrected chi connectivity index (χ4v) is 10.0. The highest BCUT2D eigenvalue weighted by molar-refractivity contribution is 6.05. The number of imide groups is 1. The Morgan fingerprint density at radius 2 is 1.74 bits per heavy atom. The molecule has 16 heteroatoms. The molecular weight excluding hydrogens is 783 g/mol. The highest BCUT2D eigenvalue weighted by Gasteiger charge is 2.37. The smallest absolute Gasteiger partial charge is 0.274 e. The van der Waals surface area contributed by atoms with Gasteiger partial charge in [0.15, 0.2) is 0 Å².